The summed E-state index contributed by atoms with van der Waals surface area (Å²) in [6, 6.07) is 3.45. The Morgan fingerprint density at radius 3 is 3.00 bits per heavy atom. The zero-order valence-corrected chi connectivity index (χ0v) is 10.7. The molecule has 1 aromatic carbocycles. The van der Waals surface area contributed by atoms with Crippen LogP contribution in [0.25, 0.3) is 10.9 Å². The van der Waals surface area contributed by atoms with Crippen molar-refractivity contribution in [3.8, 4) is 0 Å². The van der Waals surface area contributed by atoms with E-state index in [1.165, 1.54) is 6.33 Å². The second-order valence-corrected chi connectivity index (χ2v) is 5.33. The van der Waals surface area contributed by atoms with Crippen molar-refractivity contribution in [2.45, 2.75) is 18.9 Å². The van der Waals surface area contributed by atoms with Gasteiger partial charge in [0.1, 0.15) is 0 Å². The molecule has 1 saturated heterocycles. The average molecular weight is 260 g/mol. The van der Waals surface area contributed by atoms with Crippen molar-refractivity contribution in [2.24, 2.45) is 0 Å². The molecule has 0 saturated carbocycles. The van der Waals surface area contributed by atoms with Crippen molar-refractivity contribution in [1.29, 1.82) is 0 Å². The summed E-state index contributed by atoms with van der Waals surface area (Å²) in [7, 11) is 0. The summed E-state index contributed by atoms with van der Waals surface area (Å²) in [6.07, 6.45) is 2.08. The number of rotatable bonds is 1. The van der Waals surface area contributed by atoms with Gasteiger partial charge >= 0.3 is 0 Å². The molecular weight excluding hydrogens is 244 g/mol. The Bertz CT molecular complexity index is 693. The molecule has 1 aliphatic heterocycles. The number of nitrogens with zero attached hydrogens (tertiary/aromatic N) is 2. The summed E-state index contributed by atoms with van der Waals surface area (Å²) in [4.78, 5) is 20.4. The molecule has 2 heterocycles. The second-order valence-electron chi connectivity index (χ2n) is 5.33. The first kappa shape index (κ1) is 12.0. The molecule has 1 fully saturated rings. The molecule has 0 spiro atoms. The molecule has 2 aromatic rings. The summed E-state index contributed by atoms with van der Waals surface area (Å²) in [6.45, 7) is 3.09. The van der Waals surface area contributed by atoms with Crippen LogP contribution >= 0.6 is 0 Å². The number of H-pyrrole nitrogens is 1. The molecule has 0 aliphatic carbocycles. The number of fused-ring (bicyclic) bond motifs is 1. The van der Waals surface area contributed by atoms with Crippen LogP contribution in [0.2, 0.25) is 0 Å². The minimum absolute atomic E-state index is 0.198. The lowest BCUT2D eigenvalue weighted by molar-refractivity contribution is 0.0839. The lowest BCUT2D eigenvalue weighted by atomic mass is 10.1. The number of anilines is 2. The van der Waals surface area contributed by atoms with Crippen molar-refractivity contribution in [1.82, 2.24) is 9.97 Å². The van der Waals surface area contributed by atoms with Gasteiger partial charge in [-0.15, -0.1) is 0 Å². The van der Waals surface area contributed by atoms with E-state index in [2.05, 4.69) is 9.97 Å². The number of nitrogens with one attached hydrogen (secondary N) is 1. The van der Waals surface area contributed by atoms with Gasteiger partial charge in [-0.05, 0) is 25.5 Å². The second kappa shape index (κ2) is 3.96. The summed E-state index contributed by atoms with van der Waals surface area (Å²) in [5.41, 5.74) is 7.10. The maximum atomic E-state index is 11.7. The smallest absolute Gasteiger partial charge is 0.258 e. The number of nitrogen functional groups attached to an aromatic ring is 1. The quantitative estimate of drug-likeness (QED) is 0.648. The minimum atomic E-state index is -0.691. The fourth-order valence-electron chi connectivity index (χ4n) is 2.55. The predicted octanol–water partition coefficient (Wildman–Crippen LogP) is 0.466. The zero-order valence-electron chi connectivity index (χ0n) is 10.7. The van der Waals surface area contributed by atoms with E-state index in [1.54, 1.807) is 12.1 Å². The number of aliphatic hydroxyl groups is 1. The Balaban J connectivity index is 2.10. The van der Waals surface area contributed by atoms with Crippen LogP contribution < -0.4 is 16.2 Å². The molecule has 0 bridgehead atoms. The van der Waals surface area contributed by atoms with Crippen LogP contribution in [0, 0.1) is 0 Å². The molecule has 100 valence electrons. The summed E-state index contributed by atoms with van der Waals surface area (Å²) >= 11 is 0. The first-order chi connectivity index (χ1) is 8.96. The van der Waals surface area contributed by atoms with E-state index in [0.717, 1.165) is 12.2 Å². The molecule has 1 aromatic heterocycles. The molecule has 19 heavy (non-hydrogen) atoms. The Morgan fingerprint density at radius 1 is 1.53 bits per heavy atom. The van der Waals surface area contributed by atoms with E-state index in [9.17, 15) is 9.90 Å². The molecule has 0 amide bonds. The number of hydrogen-bond acceptors (Lipinski definition) is 5. The largest absolute Gasteiger partial charge is 0.397 e. The van der Waals surface area contributed by atoms with Gasteiger partial charge in [0, 0.05) is 13.1 Å². The third kappa shape index (κ3) is 2.04. The lowest BCUT2D eigenvalue weighted by Crippen LogP contribution is -2.30. The minimum Gasteiger partial charge on any atom is -0.397 e. The summed E-state index contributed by atoms with van der Waals surface area (Å²) in [5, 5.41) is 10.5. The zero-order chi connectivity index (χ0) is 13.6. The van der Waals surface area contributed by atoms with Crippen molar-refractivity contribution in [3.63, 3.8) is 0 Å². The average Bonchev–Trinajstić information content (AvgIpc) is 2.70. The number of hydrogen-bond donors (Lipinski definition) is 3. The monoisotopic (exact) mass is 260 g/mol. The molecule has 1 atom stereocenters. The Labute approximate surface area is 109 Å². The van der Waals surface area contributed by atoms with Crippen LogP contribution in [0.3, 0.4) is 0 Å². The van der Waals surface area contributed by atoms with Crippen molar-refractivity contribution < 1.29 is 5.11 Å². The van der Waals surface area contributed by atoms with Crippen LogP contribution in [-0.4, -0.2) is 33.8 Å². The van der Waals surface area contributed by atoms with Crippen molar-refractivity contribution in [2.75, 3.05) is 23.7 Å². The lowest BCUT2D eigenvalue weighted by Gasteiger charge is -2.22. The van der Waals surface area contributed by atoms with E-state index in [-0.39, 0.29) is 5.56 Å². The summed E-state index contributed by atoms with van der Waals surface area (Å²) < 4.78 is 0. The van der Waals surface area contributed by atoms with Gasteiger partial charge < -0.3 is 20.7 Å². The van der Waals surface area contributed by atoms with Gasteiger partial charge in [-0.3, -0.25) is 4.79 Å². The first-order valence-electron chi connectivity index (χ1n) is 6.20. The molecule has 6 heteroatoms. The number of benzene rings is 1. The first-order valence-corrected chi connectivity index (χ1v) is 6.20. The predicted molar refractivity (Wildman–Crippen MR) is 74.2 cm³/mol. The van der Waals surface area contributed by atoms with Crippen LogP contribution in [0.5, 0.6) is 0 Å². The number of β-amino-alcohol motifs (C(OH)–C–C–N with tert-alkyl or cyclic N) is 1. The highest BCUT2D eigenvalue weighted by atomic mass is 16.3. The topological polar surface area (TPSA) is 95.2 Å². The molecule has 1 unspecified atom stereocenters. The van der Waals surface area contributed by atoms with Gasteiger partial charge in [0.05, 0.1) is 34.2 Å². The molecule has 0 radical (unpaired) electrons. The van der Waals surface area contributed by atoms with Crippen LogP contribution in [0.15, 0.2) is 23.3 Å². The van der Waals surface area contributed by atoms with E-state index in [0.29, 0.717) is 29.6 Å². The van der Waals surface area contributed by atoms with Crippen LogP contribution in [-0.2, 0) is 0 Å². The molecular formula is C13H16N4O2. The number of aromatic nitrogens is 2. The van der Waals surface area contributed by atoms with Gasteiger partial charge in [0.25, 0.3) is 5.56 Å². The van der Waals surface area contributed by atoms with Gasteiger partial charge in [0.2, 0.25) is 0 Å². The highest BCUT2D eigenvalue weighted by Gasteiger charge is 2.32. The number of nitrogens with two attached hydrogens (primary N) is 1. The Morgan fingerprint density at radius 2 is 2.32 bits per heavy atom. The molecule has 4 N–H and O–H groups in total. The van der Waals surface area contributed by atoms with E-state index in [1.807, 2.05) is 11.8 Å². The highest BCUT2D eigenvalue weighted by molar-refractivity contribution is 5.88. The van der Waals surface area contributed by atoms with Gasteiger partial charge in [-0.1, -0.05) is 0 Å². The van der Waals surface area contributed by atoms with Gasteiger partial charge in [-0.2, -0.15) is 0 Å². The molecule has 6 nitrogen and oxygen atoms in total. The van der Waals surface area contributed by atoms with Gasteiger partial charge in [-0.25, -0.2) is 4.98 Å². The SMILES string of the molecule is CC1(O)CCN(c2cc3nc[nH]c(=O)c3cc2N)C1. The van der Waals surface area contributed by atoms with E-state index >= 15 is 0 Å². The maximum Gasteiger partial charge on any atom is 0.258 e. The standard InChI is InChI=1S/C13H16N4O2/c1-13(19)2-3-17(6-13)11-5-10-8(4-9(11)14)12(18)16-7-15-10/h4-5,7,19H,2-3,6,14H2,1H3,(H,15,16,18). The van der Waals surface area contributed by atoms with Crippen LogP contribution in [0.4, 0.5) is 11.4 Å². The molecule has 3 rings (SSSR count). The van der Waals surface area contributed by atoms with E-state index in [4.69, 9.17) is 5.73 Å². The summed E-state index contributed by atoms with van der Waals surface area (Å²) in [5.74, 6) is 0. The van der Waals surface area contributed by atoms with Crippen LogP contribution in [0.1, 0.15) is 13.3 Å². The molecule has 1 aliphatic rings. The fourth-order valence-corrected chi connectivity index (χ4v) is 2.55. The Hall–Kier alpha value is -2.08. The van der Waals surface area contributed by atoms with Gasteiger partial charge in [0.15, 0.2) is 0 Å². The Kier molecular flexibility index (Phi) is 2.50. The van der Waals surface area contributed by atoms with Crippen molar-refractivity contribution in [3.05, 3.63) is 28.8 Å². The van der Waals surface area contributed by atoms with Crippen molar-refractivity contribution >= 4 is 22.3 Å². The fraction of sp³-hybridized carbons (Fsp3) is 0.385. The number of aromatic amines is 1. The third-order valence-electron chi connectivity index (χ3n) is 3.58. The van der Waals surface area contributed by atoms with E-state index < -0.39 is 5.60 Å². The maximum absolute atomic E-state index is 11.7. The highest BCUT2D eigenvalue weighted by Crippen LogP contribution is 2.32. The third-order valence-corrected chi connectivity index (χ3v) is 3.58. The normalized spacial score (nSPS) is 23.2.